The van der Waals surface area contributed by atoms with E-state index < -0.39 is 5.63 Å². The molecule has 5 rings (SSSR count). The third kappa shape index (κ3) is 3.85. The lowest BCUT2D eigenvalue weighted by Crippen LogP contribution is -2.49. The molecule has 1 amide bonds. The molecule has 160 valence electrons. The van der Waals surface area contributed by atoms with Gasteiger partial charge < -0.3 is 19.0 Å². The van der Waals surface area contributed by atoms with Gasteiger partial charge in [-0.1, -0.05) is 12.1 Å². The summed E-state index contributed by atoms with van der Waals surface area (Å²) in [5.41, 5.74) is 0.828. The van der Waals surface area contributed by atoms with E-state index in [2.05, 4.69) is 15.1 Å². The molecule has 0 radical (unpaired) electrons. The number of hydrogen-bond donors (Lipinski definition) is 0. The van der Waals surface area contributed by atoms with Crippen LogP contribution >= 0.6 is 0 Å². The standard InChI is InChI=1S/C23H24N4O4/c1-2-30-19-5-3-4-16-14-17(23(29)31-21(16)19)22(28)27-12-10-26(11-13-27)20-9-8-18(24-25-20)15-6-7-15/h3-5,8-9,14-15H,2,6-7,10-13H2,1H3. The van der Waals surface area contributed by atoms with Gasteiger partial charge in [-0.25, -0.2) is 4.79 Å². The van der Waals surface area contributed by atoms with E-state index in [9.17, 15) is 9.59 Å². The van der Waals surface area contributed by atoms with Crippen LogP contribution in [0.2, 0.25) is 0 Å². The molecule has 0 atom stereocenters. The van der Waals surface area contributed by atoms with Crippen molar-refractivity contribution in [1.82, 2.24) is 15.1 Å². The Labute approximate surface area is 179 Å². The van der Waals surface area contributed by atoms with E-state index in [0.29, 0.717) is 55.4 Å². The molecule has 2 fully saturated rings. The maximum atomic E-state index is 13.0. The van der Waals surface area contributed by atoms with Crippen LogP contribution in [-0.4, -0.2) is 53.8 Å². The Bertz CT molecular complexity index is 1160. The van der Waals surface area contributed by atoms with Crippen molar-refractivity contribution in [2.45, 2.75) is 25.7 Å². The van der Waals surface area contributed by atoms with Gasteiger partial charge >= 0.3 is 5.63 Å². The van der Waals surface area contributed by atoms with Crippen LogP contribution in [0.15, 0.2) is 45.6 Å². The number of para-hydroxylation sites is 1. The number of aromatic nitrogens is 2. The van der Waals surface area contributed by atoms with Gasteiger partial charge in [-0.2, -0.15) is 5.10 Å². The lowest BCUT2D eigenvalue weighted by Gasteiger charge is -2.35. The monoisotopic (exact) mass is 420 g/mol. The number of carbonyl (C=O) groups excluding carboxylic acids is 1. The maximum Gasteiger partial charge on any atom is 0.349 e. The van der Waals surface area contributed by atoms with Gasteiger partial charge in [0.15, 0.2) is 17.2 Å². The first-order chi connectivity index (χ1) is 15.1. The average Bonchev–Trinajstić information content (AvgIpc) is 3.65. The molecular weight excluding hydrogens is 396 g/mol. The average molecular weight is 420 g/mol. The molecule has 0 bridgehead atoms. The summed E-state index contributed by atoms with van der Waals surface area (Å²) in [6.45, 7) is 4.60. The fourth-order valence-electron chi connectivity index (χ4n) is 3.95. The highest BCUT2D eigenvalue weighted by atomic mass is 16.5. The molecule has 1 aliphatic carbocycles. The van der Waals surface area contributed by atoms with Gasteiger partial charge in [0.2, 0.25) is 0 Å². The van der Waals surface area contributed by atoms with Crippen molar-refractivity contribution in [3.8, 4) is 5.75 Å². The fraction of sp³-hybridized carbons (Fsp3) is 0.391. The molecule has 2 aromatic heterocycles. The van der Waals surface area contributed by atoms with E-state index in [1.165, 1.54) is 12.8 Å². The zero-order valence-electron chi connectivity index (χ0n) is 17.4. The van der Waals surface area contributed by atoms with Crippen molar-refractivity contribution in [3.05, 3.63) is 58.1 Å². The van der Waals surface area contributed by atoms with Crippen LogP contribution in [0, 0.1) is 0 Å². The fourth-order valence-corrected chi connectivity index (χ4v) is 3.95. The normalized spacial score (nSPS) is 16.5. The largest absolute Gasteiger partial charge is 0.490 e. The molecule has 8 heteroatoms. The molecule has 31 heavy (non-hydrogen) atoms. The molecule has 1 aromatic carbocycles. The number of ether oxygens (including phenoxy) is 1. The van der Waals surface area contributed by atoms with E-state index in [1.54, 1.807) is 23.1 Å². The van der Waals surface area contributed by atoms with Gasteiger partial charge in [-0.05, 0) is 44.0 Å². The molecule has 1 aliphatic heterocycles. The molecule has 3 heterocycles. The second kappa shape index (κ2) is 8.02. The van der Waals surface area contributed by atoms with Gasteiger partial charge in [0.25, 0.3) is 5.91 Å². The second-order valence-corrected chi connectivity index (χ2v) is 7.92. The lowest BCUT2D eigenvalue weighted by atomic mass is 10.1. The molecule has 0 N–H and O–H groups in total. The first-order valence-corrected chi connectivity index (χ1v) is 10.7. The Balaban J connectivity index is 1.30. The molecular formula is C23H24N4O4. The van der Waals surface area contributed by atoms with Crippen LogP contribution in [0.25, 0.3) is 11.0 Å². The summed E-state index contributed by atoms with van der Waals surface area (Å²) in [4.78, 5) is 29.4. The van der Waals surface area contributed by atoms with Crippen LogP contribution in [0.3, 0.4) is 0 Å². The Hall–Kier alpha value is -3.42. The van der Waals surface area contributed by atoms with Crippen molar-refractivity contribution >= 4 is 22.7 Å². The van der Waals surface area contributed by atoms with Gasteiger partial charge in [-0.3, -0.25) is 4.79 Å². The molecule has 8 nitrogen and oxygen atoms in total. The molecule has 0 spiro atoms. The summed E-state index contributed by atoms with van der Waals surface area (Å²) >= 11 is 0. The van der Waals surface area contributed by atoms with Crippen LogP contribution < -0.4 is 15.3 Å². The van der Waals surface area contributed by atoms with E-state index >= 15 is 0 Å². The van der Waals surface area contributed by atoms with Crippen molar-refractivity contribution in [1.29, 1.82) is 0 Å². The number of amides is 1. The number of anilines is 1. The highest BCUT2D eigenvalue weighted by molar-refractivity contribution is 5.97. The van der Waals surface area contributed by atoms with Crippen molar-refractivity contribution in [3.63, 3.8) is 0 Å². The molecule has 3 aromatic rings. The highest BCUT2D eigenvalue weighted by Crippen LogP contribution is 2.38. The Morgan fingerprint density at radius 2 is 1.94 bits per heavy atom. The smallest absolute Gasteiger partial charge is 0.349 e. The molecule has 0 unspecified atom stereocenters. The summed E-state index contributed by atoms with van der Waals surface area (Å²) < 4.78 is 11.0. The first kappa shape index (κ1) is 19.5. The predicted molar refractivity (Wildman–Crippen MR) is 116 cm³/mol. The predicted octanol–water partition coefficient (Wildman–Crippen LogP) is 2.82. The summed E-state index contributed by atoms with van der Waals surface area (Å²) in [7, 11) is 0. The van der Waals surface area contributed by atoms with Gasteiger partial charge in [0.05, 0.1) is 12.3 Å². The van der Waals surface area contributed by atoms with Gasteiger partial charge in [0, 0.05) is 37.5 Å². The number of nitrogens with zero attached hydrogens (tertiary/aromatic N) is 4. The second-order valence-electron chi connectivity index (χ2n) is 7.92. The van der Waals surface area contributed by atoms with Crippen LogP contribution in [0.5, 0.6) is 5.75 Å². The van der Waals surface area contributed by atoms with E-state index in [4.69, 9.17) is 9.15 Å². The molecule has 2 aliphatic rings. The van der Waals surface area contributed by atoms with Crippen molar-refractivity contribution in [2.75, 3.05) is 37.7 Å². The highest BCUT2D eigenvalue weighted by Gasteiger charge is 2.28. The van der Waals surface area contributed by atoms with Gasteiger partial charge in [0.1, 0.15) is 5.56 Å². The summed E-state index contributed by atoms with van der Waals surface area (Å²) in [5.74, 6) is 1.59. The quantitative estimate of drug-likeness (QED) is 0.587. The third-order valence-electron chi connectivity index (χ3n) is 5.81. The summed E-state index contributed by atoms with van der Waals surface area (Å²) in [6, 6.07) is 11.0. The van der Waals surface area contributed by atoms with E-state index in [0.717, 1.165) is 11.5 Å². The first-order valence-electron chi connectivity index (χ1n) is 10.7. The number of piperazine rings is 1. The third-order valence-corrected chi connectivity index (χ3v) is 5.81. The van der Waals surface area contributed by atoms with Crippen molar-refractivity contribution in [2.24, 2.45) is 0 Å². The SMILES string of the molecule is CCOc1cccc2cc(C(=O)N3CCN(c4ccc(C5CC5)nn4)CC3)c(=O)oc12. The summed E-state index contributed by atoms with van der Waals surface area (Å²) in [5, 5.41) is 9.37. The Morgan fingerprint density at radius 3 is 2.61 bits per heavy atom. The minimum absolute atomic E-state index is 0.0446. The number of rotatable bonds is 5. The molecule has 1 saturated carbocycles. The van der Waals surface area contributed by atoms with Crippen LogP contribution in [0.1, 0.15) is 41.7 Å². The zero-order valence-corrected chi connectivity index (χ0v) is 17.4. The topological polar surface area (TPSA) is 88.8 Å². The van der Waals surface area contributed by atoms with Crippen molar-refractivity contribution < 1.29 is 13.9 Å². The molecule has 1 saturated heterocycles. The van der Waals surface area contributed by atoms with E-state index in [1.807, 2.05) is 25.1 Å². The Kier molecular flexibility index (Phi) is 5.05. The zero-order chi connectivity index (χ0) is 21.4. The minimum Gasteiger partial charge on any atom is -0.490 e. The maximum absolute atomic E-state index is 13.0. The minimum atomic E-state index is -0.645. The van der Waals surface area contributed by atoms with Crippen LogP contribution in [0.4, 0.5) is 5.82 Å². The number of fused-ring (bicyclic) bond motifs is 1. The number of hydrogen-bond acceptors (Lipinski definition) is 7. The van der Waals surface area contributed by atoms with E-state index in [-0.39, 0.29) is 11.5 Å². The lowest BCUT2D eigenvalue weighted by molar-refractivity contribution is 0.0742. The van der Waals surface area contributed by atoms with Crippen LogP contribution in [-0.2, 0) is 0 Å². The van der Waals surface area contributed by atoms with Gasteiger partial charge in [-0.15, -0.1) is 5.10 Å². The Morgan fingerprint density at radius 1 is 1.13 bits per heavy atom. The summed E-state index contributed by atoms with van der Waals surface area (Å²) in [6.07, 6.45) is 2.40. The number of benzene rings is 1. The number of carbonyl (C=O) groups is 1.